The molecule has 9 heteroatoms. The number of ether oxygens (including phenoxy) is 1. The van der Waals surface area contributed by atoms with Crippen molar-refractivity contribution in [2.24, 2.45) is 0 Å². The molecule has 0 saturated carbocycles. The summed E-state index contributed by atoms with van der Waals surface area (Å²) in [5.74, 6) is 1.89. The average molecular weight is 444 g/mol. The molecule has 4 aromatic rings. The van der Waals surface area contributed by atoms with Gasteiger partial charge in [0.05, 0.1) is 12.5 Å². The van der Waals surface area contributed by atoms with Gasteiger partial charge in [0.2, 0.25) is 11.6 Å². The first kappa shape index (κ1) is 20.5. The Hall–Kier alpha value is -4.45. The van der Waals surface area contributed by atoms with Gasteiger partial charge < -0.3 is 27.8 Å². The molecular weight excluding hydrogens is 424 g/mol. The molecule has 0 unspecified atom stereocenters. The lowest BCUT2D eigenvalue weighted by Gasteiger charge is -2.34. The Morgan fingerprint density at radius 3 is 2.58 bits per heavy atom. The van der Waals surface area contributed by atoms with Crippen LogP contribution in [0.5, 0.6) is 5.75 Å². The highest BCUT2D eigenvalue weighted by molar-refractivity contribution is 5.93. The maximum atomic E-state index is 13.1. The number of hydrogen-bond acceptors (Lipinski definition) is 8. The van der Waals surface area contributed by atoms with Crippen molar-refractivity contribution in [1.29, 1.82) is 5.26 Å². The molecule has 0 bridgehead atoms. The lowest BCUT2D eigenvalue weighted by Crippen LogP contribution is -2.49. The van der Waals surface area contributed by atoms with E-state index in [4.69, 9.17) is 18.0 Å². The van der Waals surface area contributed by atoms with Crippen LogP contribution in [-0.4, -0.2) is 42.0 Å². The van der Waals surface area contributed by atoms with Crippen LogP contribution in [0.1, 0.15) is 21.8 Å². The van der Waals surface area contributed by atoms with Gasteiger partial charge in [-0.1, -0.05) is 18.2 Å². The summed E-state index contributed by atoms with van der Waals surface area (Å²) in [5, 5.41) is 9.47. The van der Waals surface area contributed by atoms with E-state index in [9.17, 15) is 10.1 Å². The Labute approximate surface area is 189 Å². The number of carbonyl (C=O) groups excluding carboxylic acids is 1. The van der Waals surface area contributed by atoms with E-state index in [1.807, 2.05) is 35.2 Å². The van der Waals surface area contributed by atoms with Gasteiger partial charge in [-0.25, -0.2) is 0 Å². The largest absolute Gasteiger partial charge is 0.489 e. The summed E-state index contributed by atoms with van der Waals surface area (Å²) in [6.07, 6.45) is 3.01. The molecule has 0 spiro atoms. The van der Waals surface area contributed by atoms with E-state index < -0.39 is 0 Å². The number of aromatic nitrogens is 1. The van der Waals surface area contributed by atoms with Gasteiger partial charge >= 0.3 is 0 Å². The number of furan rings is 2. The van der Waals surface area contributed by atoms with Crippen molar-refractivity contribution in [2.75, 3.05) is 31.1 Å². The number of nitrogens with zero attached hydrogens (tertiary/aromatic N) is 4. The van der Waals surface area contributed by atoms with Gasteiger partial charge in [0.1, 0.15) is 18.4 Å². The van der Waals surface area contributed by atoms with Crippen molar-refractivity contribution < 1.29 is 22.8 Å². The number of anilines is 1. The molecule has 0 aliphatic carbocycles. The van der Waals surface area contributed by atoms with Crippen LogP contribution in [0.25, 0.3) is 11.7 Å². The first-order chi connectivity index (χ1) is 16.2. The van der Waals surface area contributed by atoms with Crippen molar-refractivity contribution in [3.8, 4) is 23.5 Å². The Morgan fingerprint density at radius 1 is 1.03 bits per heavy atom. The third kappa shape index (κ3) is 4.19. The summed E-state index contributed by atoms with van der Waals surface area (Å²) in [6, 6.07) is 16.7. The molecule has 0 N–H and O–H groups in total. The number of carbonyl (C=O) groups is 1. The number of amides is 1. The summed E-state index contributed by atoms with van der Waals surface area (Å²) >= 11 is 0. The number of oxazole rings is 1. The second-order valence-corrected chi connectivity index (χ2v) is 7.42. The van der Waals surface area contributed by atoms with E-state index in [1.54, 1.807) is 23.1 Å². The standard InChI is InChI=1S/C24H20N4O5/c25-15-19-24(33-22(26-19)20-7-4-13-30-20)28-11-9-27(10-12-28)23(29)21-17(8-14-31-21)16-32-18-5-2-1-3-6-18/h1-8,13-14H,9-12,16H2. The topological polar surface area (TPSA) is 109 Å². The smallest absolute Gasteiger partial charge is 0.290 e. The van der Waals surface area contributed by atoms with Gasteiger partial charge in [-0.05, 0) is 30.3 Å². The Morgan fingerprint density at radius 2 is 1.85 bits per heavy atom. The number of piperazine rings is 1. The molecule has 5 rings (SSSR count). The van der Waals surface area contributed by atoms with E-state index in [-0.39, 0.29) is 29.9 Å². The summed E-state index contributed by atoms with van der Waals surface area (Å²) in [5.41, 5.74) is 0.879. The zero-order valence-corrected chi connectivity index (χ0v) is 17.6. The predicted octanol–water partition coefficient (Wildman–Crippen LogP) is 3.94. The molecule has 0 atom stereocenters. The van der Waals surface area contributed by atoms with Crippen molar-refractivity contribution in [2.45, 2.75) is 6.61 Å². The van der Waals surface area contributed by atoms with Crippen molar-refractivity contribution >= 4 is 11.8 Å². The number of hydrogen-bond donors (Lipinski definition) is 0. The molecule has 1 fully saturated rings. The SMILES string of the molecule is N#Cc1nc(-c2ccco2)oc1N1CCN(C(=O)c2occc2COc2ccccc2)CC1. The minimum atomic E-state index is -0.194. The third-order valence-corrected chi connectivity index (χ3v) is 5.38. The Kier molecular flexibility index (Phi) is 5.55. The number of benzene rings is 1. The zero-order chi connectivity index (χ0) is 22.6. The summed E-state index contributed by atoms with van der Waals surface area (Å²) in [4.78, 5) is 20.9. The highest BCUT2D eigenvalue weighted by Gasteiger charge is 2.29. The molecule has 33 heavy (non-hydrogen) atoms. The predicted molar refractivity (Wildman–Crippen MR) is 117 cm³/mol. The van der Waals surface area contributed by atoms with E-state index in [0.29, 0.717) is 43.4 Å². The average Bonchev–Trinajstić information content (AvgIpc) is 3.63. The Bertz CT molecular complexity index is 1260. The molecule has 1 amide bonds. The van der Waals surface area contributed by atoms with Crippen molar-refractivity contribution in [1.82, 2.24) is 9.88 Å². The van der Waals surface area contributed by atoms with Crippen LogP contribution in [-0.2, 0) is 6.61 Å². The number of rotatable bonds is 6. The highest BCUT2D eigenvalue weighted by Crippen LogP contribution is 2.29. The normalized spacial score (nSPS) is 13.7. The molecule has 0 radical (unpaired) electrons. The van der Waals surface area contributed by atoms with Gasteiger partial charge in [0, 0.05) is 31.7 Å². The molecule has 166 valence electrons. The van der Waals surface area contributed by atoms with E-state index >= 15 is 0 Å². The van der Waals surface area contributed by atoms with Gasteiger partial charge in [0.15, 0.2) is 11.5 Å². The van der Waals surface area contributed by atoms with Crippen LogP contribution < -0.4 is 9.64 Å². The van der Waals surface area contributed by atoms with Crippen molar-refractivity contribution in [3.63, 3.8) is 0 Å². The minimum Gasteiger partial charge on any atom is -0.489 e. The van der Waals surface area contributed by atoms with Crippen LogP contribution >= 0.6 is 0 Å². The third-order valence-electron chi connectivity index (χ3n) is 5.38. The Balaban J connectivity index is 1.24. The summed E-state index contributed by atoms with van der Waals surface area (Å²) < 4.78 is 22.4. The lowest BCUT2D eigenvalue weighted by molar-refractivity contribution is 0.0709. The quantitative estimate of drug-likeness (QED) is 0.440. The molecular formula is C24H20N4O5. The molecule has 9 nitrogen and oxygen atoms in total. The molecule has 1 saturated heterocycles. The van der Waals surface area contributed by atoms with Crippen LogP contribution in [0, 0.1) is 11.3 Å². The first-order valence-electron chi connectivity index (χ1n) is 10.5. The fraction of sp³-hybridized carbons (Fsp3) is 0.208. The second-order valence-electron chi connectivity index (χ2n) is 7.42. The minimum absolute atomic E-state index is 0.188. The molecule has 1 aliphatic heterocycles. The van der Waals surface area contributed by atoms with Gasteiger partial charge in [0.25, 0.3) is 11.8 Å². The maximum Gasteiger partial charge on any atom is 0.290 e. The van der Waals surface area contributed by atoms with E-state index in [1.165, 1.54) is 12.5 Å². The molecule has 1 aromatic carbocycles. The van der Waals surface area contributed by atoms with Crippen molar-refractivity contribution in [3.05, 3.63) is 78.1 Å². The van der Waals surface area contributed by atoms with Crippen LogP contribution in [0.4, 0.5) is 5.88 Å². The first-order valence-corrected chi connectivity index (χ1v) is 10.5. The monoisotopic (exact) mass is 444 g/mol. The number of nitriles is 1. The second kappa shape index (κ2) is 8.96. The number of para-hydroxylation sites is 1. The fourth-order valence-electron chi connectivity index (χ4n) is 3.68. The van der Waals surface area contributed by atoms with Gasteiger partial charge in [-0.3, -0.25) is 4.79 Å². The lowest BCUT2D eigenvalue weighted by atomic mass is 10.2. The summed E-state index contributed by atoms with van der Waals surface area (Å²) in [6.45, 7) is 2.11. The fourth-order valence-corrected chi connectivity index (χ4v) is 3.68. The van der Waals surface area contributed by atoms with Crippen LogP contribution in [0.2, 0.25) is 0 Å². The maximum absolute atomic E-state index is 13.1. The molecule has 4 heterocycles. The molecule has 1 aliphatic rings. The zero-order valence-electron chi connectivity index (χ0n) is 17.6. The molecule has 3 aromatic heterocycles. The van der Waals surface area contributed by atoms with Crippen LogP contribution in [0.15, 0.2) is 74.3 Å². The van der Waals surface area contributed by atoms with Crippen LogP contribution in [0.3, 0.4) is 0 Å². The summed E-state index contributed by atoms with van der Waals surface area (Å²) in [7, 11) is 0. The van der Waals surface area contributed by atoms with E-state index in [2.05, 4.69) is 11.1 Å². The highest BCUT2D eigenvalue weighted by atomic mass is 16.5. The van der Waals surface area contributed by atoms with Gasteiger partial charge in [-0.15, -0.1) is 0 Å². The van der Waals surface area contributed by atoms with E-state index in [0.717, 1.165) is 5.75 Å². The van der Waals surface area contributed by atoms with Gasteiger partial charge in [-0.2, -0.15) is 10.2 Å².